The van der Waals surface area contributed by atoms with Crippen molar-refractivity contribution < 1.29 is 23.3 Å². The van der Waals surface area contributed by atoms with Gasteiger partial charge in [-0.25, -0.2) is 14.5 Å². The van der Waals surface area contributed by atoms with E-state index in [-0.39, 0.29) is 18.2 Å². The molecule has 38 heavy (non-hydrogen) atoms. The second kappa shape index (κ2) is 11.0. The Bertz CT molecular complexity index is 1610. The highest BCUT2D eigenvalue weighted by Crippen LogP contribution is 2.47. The number of phosphoric acid groups is 1. The number of hydrogen-bond acceptors (Lipinski definition) is 8. The van der Waals surface area contributed by atoms with Crippen LogP contribution in [0, 0.1) is 11.3 Å². The molecule has 2 unspecified atom stereocenters. The Hall–Kier alpha value is -4.20. The molecule has 0 aromatic carbocycles. The summed E-state index contributed by atoms with van der Waals surface area (Å²) >= 11 is 0. The van der Waals surface area contributed by atoms with E-state index >= 15 is 0 Å². The van der Waals surface area contributed by atoms with Gasteiger partial charge in [-0.3, -0.25) is 18.8 Å². The fourth-order valence-electron chi connectivity index (χ4n) is 3.93. The van der Waals surface area contributed by atoms with Crippen molar-refractivity contribution in [1.29, 1.82) is 5.26 Å². The smallest absolute Gasteiger partial charge is 0.310 e. The van der Waals surface area contributed by atoms with Crippen molar-refractivity contribution in [3.63, 3.8) is 0 Å². The molecule has 0 saturated heterocycles. The molecule has 0 aliphatic heterocycles. The third-order valence-corrected chi connectivity index (χ3v) is 6.93. The third kappa shape index (κ3) is 5.54. The van der Waals surface area contributed by atoms with Gasteiger partial charge in [-0.15, -0.1) is 0 Å². The SMILES string of the molecule is C=CC(=O)N(C)c1cncc(-c2cnc3c(c2)c(-c2ccnc(C#N)c2)cn3C(C)OP(=O)(O)OCC)c1. The summed E-state index contributed by atoms with van der Waals surface area (Å²) in [6.07, 6.45) is 8.45. The highest BCUT2D eigenvalue weighted by molar-refractivity contribution is 7.47. The van der Waals surface area contributed by atoms with Gasteiger partial charge in [0.2, 0.25) is 5.91 Å². The number of carbonyl (C=O) groups is 1. The second-order valence-corrected chi connectivity index (χ2v) is 9.62. The molecule has 2 atom stereocenters. The Labute approximate surface area is 219 Å². The maximum absolute atomic E-state index is 12.3. The van der Waals surface area contributed by atoms with Gasteiger partial charge >= 0.3 is 7.82 Å². The van der Waals surface area contributed by atoms with Crippen molar-refractivity contribution in [3.05, 3.63) is 73.6 Å². The van der Waals surface area contributed by atoms with Gasteiger partial charge in [-0.05, 0) is 49.8 Å². The molecule has 0 bridgehead atoms. The first-order chi connectivity index (χ1) is 18.2. The zero-order chi connectivity index (χ0) is 27.4. The van der Waals surface area contributed by atoms with Crippen LogP contribution in [0.5, 0.6) is 0 Å². The lowest BCUT2D eigenvalue weighted by Gasteiger charge is -2.18. The molecule has 4 aromatic heterocycles. The summed E-state index contributed by atoms with van der Waals surface area (Å²) in [6, 6.07) is 9.14. The summed E-state index contributed by atoms with van der Waals surface area (Å²) in [5.74, 6) is -0.273. The number of likely N-dealkylation sites (N-methyl/N-ethyl adjacent to an activating group) is 1. The molecule has 0 aliphatic rings. The maximum Gasteiger partial charge on any atom is 0.474 e. The van der Waals surface area contributed by atoms with Crippen LogP contribution in [0.15, 0.2) is 67.9 Å². The van der Waals surface area contributed by atoms with Crippen LogP contribution in [0.25, 0.3) is 33.3 Å². The molecule has 0 spiro atoms. The molecular formula is C26H25N6O5P. The van der Waals surface area contributed by atoms with Crippen LogP contribution in [0.4, 0.5) is 5.69 Å². The van der Waals surface area contributed by atoms with E-state index in [1.54, 1.807) is 62.4 Å². The lowest BCUT2D eigenvalue weighted by Crippen LogP contribution is -2.23. The van der Waals surface area contributed by atoms with Crippen molar-refractivity contribution in [1.82, 2.24) is 19.5 Å². The van der Waals surface area contributed by atoms with Crippen molar-refractivity contribution in [2.24, 2.45) is 0 Å². The summed E-state index contributed by atoms with van der Waals surface area (Å²) in [4.78, 5) is 36.5. The molecule has 194 valence electrons. The minimum absolute atomic E-state index is 0.00835. The van der Waals surface area contributed by atoms with E-state index in [9.17, 15) is 19.5 Å². The van der Waals surface area contributed by atoms with Crippen molar-refractivity contribution in [2.75, 3.05) is 18.6 Å². The number of anilines is 1. The van der Waals surface area contributed by atoms with Gasteiger partial charge in [-0.1, -0.05) is 6.58 Å². The Kier molecular flexibility index (Phi) is 7.80. The van der Waals surface area contributed by atoms with Crippen molar-refractivity contribution >= 4 is 30.5 Å². The molecule has 0 fully saturated rings. The molecule has 0 radical (unpaired) electrons. The summed E-state index contributed by atoms with van der Waals surface area (Å²) < 4.78 is 24.1. The predicted octanol–water partition coefficient (Wildman–Crippen LogP) is 4.85. The lowest BCUT2D eigenvalue weighted by atomic mass is 10.0. The number of amides is 1. The Balaban J connectivity index is 1.86. The Morgan fingerprint density at radius 3 is 2.74 bits per heavy atom. The lowest BCUT2D eigenvalue weighted by molar-refractivity contribution is -0.113. The molecule has 4 heterocycles. The fraction of sp³-hybridized carbons (Fsp3) is 0.192. The van der Waals surface area contributed by atoms with Crippen LogP contribution in [-0.2, 0) is 18.4 Å². The quantitative estimate of drug-likeness (QED) is 0.236. The van der Waals surface area contributed by atoms with Crippen molar-refractivity contribution in [2.45, 2.75) is 20.1 Å². The number of nitriles is 1. The minimum Gasteiger partial charge on any atom is -0.310 e. The van der Waals surface area contributed by atoms with Crippen LogP contribution in [0.1, 0.15) is 25.8 Å². The first-order valence-electron chi connectivity index (χ1n) is 11.6. The largest absolute Gasteiger partial charge is 0.474 e. The first-order valence-corrected chi connectivity index (χ1v) is 13.0. The van der Waals surface area contributed by atoms with Gasteiger partial charge in [0.1, 0.15) is 23.6 Å². The molecule has 1 amide bonds. The Morgan fingerprint density at radius 1 is 1.26 bits per heavy atom. The fourth-order valence-corrected chi connectivity index (χ4v) is 4.80. The van der Waals surface area contributed by atoms with E-state index < -0.39 is 14.1 Å². The average Bonchev–Trinajstić information content (AvgIpc) is 3.31. The highest BCUT2D eigenvalue weighted by Gasteiger charge is 2.26. The number of phosphoric ester groups is 1. The summed E-state index contributed by atoms with van der Waals surface area (Å²) in [6.45, 7) is 6.73. The van der Waals surface area contributed by atoms with Crippen LogP contribution in [-0.4, -0.2) is 44.0 Å². The molecule has 1 N–H and O–H groups in total. The number of carbonyl (C=O) groups excluding carboxylic acids is 1. The van der Waals surface area contributed by atoms with Gasteiger partial charge < -0.3 is 14.4 Å². The molecule has 4 aromatic rings. The van der Waals surface area contributed by atoms with E-state index in [4.69, 9.17) is 9.05 Å². The van der Waals surface area contributed by atoms with Crippen molar-refractivity contribution in [3.8, 4) is 28.3 Å². The standard InChI is InChI=1S/C26H25N6O5P/c1-5-25(33)31(4)22-10-19(13-28-15-22)20-11-23-24(18-7-8-29-21(9-18)12-27)16-32(26(23)30-14-20)17(3)37-38(34,35)36-6-2/h5,7-11,13-17H,1,6H2,2-4H3,(H,34,35). The summed E-state index contributed by atoms with van der Waals surface area (Å²) in [7, 11) is -2.67. The summed E-state index contributed by atoms with van der Waals surface area (Å²) in [5, 5.41) is 10.0. The molecule has 11 nitrogen and oxygen atoms in total. The van der Waals surface area contributed by atoms with E-state index in [1.807, 2.05) is 18.2 Å². The van der Waals surface area contributed by atoms with Crippen LogP contribution < -0.4 is 4.90 Å². The van der Waals surface area contributed by atoms with Gasteiger partial charge in [0.05, 0.1) is 18.5 Å². The summed E-state index contributed by atoms with van der Waals surface area (Å²) in [5.41, 5.74) is 4.13. The molecular weight excluding hydrogens is 507 g/mol. The zero-order valence-electron chi connectivity index (χ0n) is 21.0. The zero-order valence-corrected chi connectivity index (χ0v) is 21.9. The first kappa shape index (κ1) is 26.9. The molecule has 12 heteroatoms. The number of fused-ring (bicyclic) bond motifs is 1. The van der Waals surface area contributed by atoms with E-state index in [0.717, 1.165) is 5.56 Å². The van der Waals surface area contributed by atoms with Gasteiger partial charge in [0.25, 0.3) is 0 Å². The number of nitrogens with zero attached hydrogens (tertiary/aromatic N) is 6. The highest BCUT2D eigenvalue weighted by atomic mass is 31.2. The Morgan fingerprint density at radius 2 is 2.03 bits per heavy atom. The van der Waals surface area contributed by atoms with E-state index in [2.05, 4.69) is 21.5 Å². The minimum atomic E-state index is -4.30. The topological polar surface area (TPSA) is 143 Å². The van der Waals surface area contributed by atoms with Crippen LogP contribution >= 0.6 is 7.82 Å². The normalized spacial score (nSPS) is 13.4. The molecule has 0 aliphatic carbocycles. The maximum atomic E-state index is 12.3. The molecule has 4 rings (SSSR count). The van der Waals surface area contributed by atoms with Gasteiger partial charge in [0.15, 0.2) is 0 Å². The second-order valence-electron chi connectivity index (χ2n) is 8.21. The van der Waals surface area contributed by atoms with Crippen LogP contribution in [0.2, 0.25) is 0 Å². The number of hydrogen-bond donors (Lipinski definition) is 1. The third-order valence-electron chi connectivity index (χ3n) is 5.77. The van der Waals surface area contributed by atoms with E-state index in [0.29, 0.717) is 33.4 Å². The van der Waals surface area contributed by atoms with Gasteiger partial charge in [0, 0.05) is 53.9 Å². The van der Waals surface area contributed by atoms with E-state index in [1.165, 1.54) is 17.2 Å². The number of aromatic nitrogens is 4. The monoisotopic (exact) mass is 532 g/mol. The number of rotatable bonds is 9. The number of pyridine rings is 3. The van der Waals surface area contributed by atoms with Gasteiger partial charge in [-0.2, -0.15) is 5.26 Å². The predicted molar refractivity (Wildman–Crippen MR) is 142 cm³/mol. The molecule has 0 saturated carbocycles. The average molecular weight is 532 g/mol. The van der Waals surface area contributed by atoms with Crippen LogP contribution in [0.3, 0.4) is 0 Å².